The summed E-state index contributed by atoms with van der Waals surface area (Å²) in [6.07, 6.45) is 0. The molecule has 110 valence electrons. The number of carbonyl (C=O) groups is 1. The number of fused-ring (bicyclic) bond motifs is 1. The van der Waals surface area contributed by atoms with Crippen molar-refractivity contribution in [3.8, 4) is 11.3 Å². The van der Waals surface area contributed by atoms with Crippen LogP contribution in [0, 0.1) is 13.8 Å². The van der Waals surface area contributed by atoms with Crippen LogP contribution in [0.3, 0.4) is 0 Å². The van der Waals surface area contributed by atoms with Crippen LogP contribution in [0.25, 0.3) is 22.2 Å². The molecular weight excluding hydrogens is 317 g/mol. The van der Waals surface area contributed by atoms with Crippen LogP contribution in [0.1, 0.15) is 21.5 Å². The lowest BCUT2D eigenvalue weighted by atomic mass is 10.00. The third kappa shape index (κ3) is 2.49. The first kappa shape index (κ1) is 15.0. The van der Waals surface area contributed by atoms with E-state index in [2.05, 4.69) is 0 Å². The number of aryl methyl sites for hydroxylation is 2. The fourth-order valence-corrected chi connectivity index (χ4v) is 2.87. The Labute approximate surface area is 138 Å². The maximum absolute atomic E-state index is 11.8. The topological polar surface area (TPSA) is 30.0 Å². The maximum Gasteiger partial charge on any atom is 0.253 e. The number of hydrogen-bond acceptors (Lipinski definition) is 2. The van der Waals surface area contributed by atoms with Crippen LogP contribution < -0.4 is 0 Å². The first-order chi connectivity index (χ1) is 10.5. The maximum atomic E-state index is 11.8. The van der Waals surface area contributed by atoms with Gasteiger partial charge in [-0.1, -0.05) is 41.9 Å². The van der Waals surface area contributed by atoms with Gasteiger partial charge in [0.1, 0.15) is 0 Å². The molecule has 0 fully saturated rings. The summed E-state index contributed by atoms with van der Waals surface area (Å²) < 4.78 is 0. The Hall–Kier alpha value is -1.90. The fourth-order valence-electron chi connectivity index (χ4n) is 2.57. The minimum absolute atomic E-state index is 0.449. The van der Waals surface area contributed by atoms with Crippen molar-refractivity contribution in [3.05, 3.63) is 64.2 Å². The second kappa shape index (κ2) is 5.71. The molecule has 0 spiro atoms. The fraction of sp³-hybridized carbons (Fsp3) is 0.111. The zero-order valence-electron chi connectivity index (χ0n) is 12.2. The van der Waals surface area contributed by atoms with E-state index < -0.39 is 5.24 Å². The highest BCUT2D eigenvalue weighted by atomic mass is 35.5. The van der Waals surface area contributed by atoms with Gasteiger partial charge in [-0.15, -0.1) is 0 Å². The van der Waals surface area contributed by atoms with Gasteiger partial charge in [0.25, 0.3) is 5.24 Å². The molecule has 0 saturated carbocycles. The molecule has 0 radical (unpaired) electrons. The van der Waals surface area contributed by atoms with E-state index >= 15 is 0 Å². The molecular formula is C18H13Cl2NO. The van der Waals surface area contributed by atoms with E-state index in [0.29, 0.717) is 16.1 Å². The highest BCUT2D eigenvalue weighted by molar-refractivity contribution is 6.68. The summed E-state index contributed by atoms with van der Waals surface area (Å²) in [4.78, 5) is 16.5. The van der Waals surface area contributed by atoms with Crippen LogP contribution in [0.2, 0.25) is 5.02 Å². The van der Waals surface area contributed by atoms with E-state index in [1.807, 2.05) is 38.1 Å². The zero-order chi connectivity index (χ0) is 15.9. The summed E-state index contributed by atoms with van der Waals surface area (Å²) in [5.41, 5.74) is 4.78. The van der Waals surface area contributed by atoms with Crippen molar-refractivity contribution in [1.82, 2.24) is 4.98 Å². The molecule has 1 aromatic heterocycles. The van der Waals surface area contributed by atoms with E-state index in [0.717, 1.165) is 27.8 Å². The lowest BCUT2D eigenvalue weighted by Gasteiger charge is -2.11. The van der Waals surface area contributed by atoms with Crippen LogP contribution in [-0.4, -0.2) is 10.2 Å². The number of pyridine rings is 1. The minimum atomic E-state index is -0.496. The smallest absolute Gasteiger partial charge is 0.253 e. The van der Waals surface area contributed by atoms with E-state index in [1.54, 1.807) is 18.2 Å². The van der Waals surface area contributed by atoms with Gasteiger partial charge in [-0.2, -0.15) is 0 Å². The van der Waals surface area contributed by atoms with Gasteiger partial charge in [-0.05, 0) is 48.7 Å². The van der Waals surface area contributed by atoms with Crippen molar-refractivity contribution in [1.29, 1.82) is 0 Å². The van der Waals surface area contributed by atoms with Crippen molar-refractivity contribution in [2.75, 3.05) is 0 Å². The number of halogens is 2. The molecule has 22 heavy (non-hydrogen) atoms. The largest absolute Gasteiger partial charge is 0.276 e. The predicted octanol–water partition coefficient (Wildman–Crippen LogP) is 5.55. The van der Waals surface area contributed by atoms with Crippen LogP contribution >= 0.6 is 23.2 Å². The van der Waals surface area contributed by atoms with Gasteiger partial charge in [-0.25, -0.2) is 4.98 Å². The number of carbonyl (C=O) groups excluding carboxylic acids is 1. The summed E-state index contributed by atoms with van der Waals surface area (Å²) in [5.74, 6) is 0. The highest BCUT2D eigenvalue weighted by Crippen LogP contribution is 2.31. The van der Waals surface area contributed by atoms with Gasteiger partial charge in [0.2, 0.25) is 0 Å². The molecule has 0 bridgehead atoms. The lowest BCUT2D eigenvalue weighted by molar-refractivity contribution is 0.108. The first-order valence-corrected chi connectivity index (χ1v) is 7.60. The summed E-state index contributed by atoms with van der Waals surface area (Å²) in [6, 6.07) is 13.2. The van der Waals surface area contributed by atoms with Crippen LogP contribution in [0.15, 0.2) is 42.5 Å². The molecule has 1 heterocycles. The number of hydrogen-bond donors (Lipinski definition) is 0. The van der Waals surface area contributed by atoms with Crippen LogP contribution in [0.4, 0.5) is 0 Å². The molecule has 3 rings (SSSR count). The molecule has 0 amide bonds. The van der Waals surface area contributed by atoms with Crippen molar-refractivity contribution >= 4 is 39.3 Å². The Morgan fingerprint density at radius 3 is 2.50 bits per heavy atom. The second-order valence-electron chi connectivity index (χ2n) is 5.21. The van der Waals surface area contributed by atoms with Gasteiger partial charge in [-0.3, -0.25) is 4.79 Å². The number of benzene rings is 2. The van der Waals surface area contributed by atoms with Gasteiger partial charge in [0, 0.05) is 21.5 Å². The Bertz CT molecular complexity index is 903. The predicted molar refractivity (Wildman–Crippen MR) is 91.8 cm³/mol. The Kier molecular flexibility index (Phi) is 3.90. The van der Waals surface area contributed by atoms with Crippen molar-refractivity contribution < 1.29 is 4.79 Å². The Morgan fingerprint density at radius 1 is 1.09 bits per heavy atom. The summed E-state index contributed by atoms with van der Waals surface area (Å²) >= 11 is 12.0. The van der Waals surface area contributed by atoms with E-state index in [-0.39, 0.29) is 0 Å². The van der Waals surface area contributed by atoms with Gasteiger partial charge in [0.05, 0.1) is 11.2 Å². The molecule has 2 aromatic carbocycles. The average molecular weight is 330 g/mol. The van der Waals surface area contributed by atoms with Crippen molar-refractivity contribution in [2.45, 2.75) is 13.8 Å². The van der Waals surface area contributed by atoms with Gasteiger partial charge < -0.3 is 0 Å². The van der Waals surface area contributed by atoms with Crippen molar-refractivity contribution in [3.63, 3.8) is 0 Å². The van der Waals surface area contributed by atoms with Gasteiger partial charge >= 0.3 is 0 Å². The summed E-state index contributed by atoms with van der Waals surface area (Å²) in [6.45, 7) is 3.90. The van der Waals surface area contributed by atoms with E-state index in [1.165, 1.54) is 0 Å². The molecule has 0 saturated heterocycles. The third-order valence-electron chi connectivity index (χ3n) is 3.80. The number of nitrogens with zero attached hydrogens (tertiary/aromatic N) is 1. The normalized spacial score (nSPS) is 10.9. The van der Waals surface area contributed by atoms with Crippen molar-refractivity contribution in [2.24, 2.45) is 0 Å². The average Bonchev–Trinajstić information content (AvgIpc) is 2.50. The molecule has 2 nitrogen and oxygen atoms in total. The minimum Gasteiger partial charge on any atom is -0.276 e. The summed E-state index contributed by atoms with van der Waals surface area (Å²) in [5, 5.41) is 0.845. The van der Waals surface area contributed by atoms with Crippen LogP contribution in [-0.2, 0) is 0 Å². The lowest BCUT2D eigenvalue weighted by Crippen LogP contribution is -1.98. The Balaban J connectivity index is 2.41. The third-order valence-corrected chi connectivity index (χ3v) is 4.41. The molecule has 0 aliphatic carbocycles. The molecule has 0 aliphatic heterocycles. The Morgan fingerprint density at radius 2 is 1.82 bits per heavy atom. The molecule has 0 atom stereocenters. The number of aromatic nitrogens is 1. The van der Waals surface area contributed by atoms with E-state index in [4.69, 9.17) is 28.2 Å². The standard InChI is InChI=1S/C18H13Cl2NO/c1-10-5-3-4-6-12(10)16-9-14(18(20)22)13-7-8-15(19)11(2)17(13)21-16/h3-9H,1-2H3. The number of rotatable bonds is 2. The zero-order valence-corrected chi connectivity index (χ0v) is 13.7. The molecule has 0 unspecified atom stereocenters. The highest BCUT2D eigenvalue weighted by Gasteiger charge is 2.15. The summed E-state index contributed by atoms with van der Waals surface area (Å²) in [7, 11) is 0. The molecule has 3 aromatic rings. The van der Waals surface area contributed by atoms with Gasteiger partial charge in [0.15, 0.2) is 0 Å². The SMILES string of the molecule is Cc1ccccc1-c1cc(C(=O)Cl)c2ccc(Cl)c(C)c2n1. The van der Waals surface area contributed by atoms with E-state index in [9.17, 15) is 4.79 Å². The first-order valence-electron chi connectivity index (χ1n) is 6.84. The molecule has 0 aliphatic rings. The second-order valence-corrected chi connectivity index (χ2v) is 5.96. The monoisotopic (exact) mass is 329 g/mol. The quantitative estimate of drug-likeness (QED) is 0.577. The molecule has 4 heteroatoms. The molecule has 0 N–H and O–H groups in total. The van der Waals surface area contributed by atoms with Crippen LogP contribution in [0.5, 0.6) is 0 Å².